The molecule has 0 aromatic heterocycles. The van der Waals surface area contributed by atoms with E-state index >= 15 is 0 Å². The molecule has 2 aromatic carbocycles. The second kappa shape index (κ2) is 9.73. The van der Waals surface area contributed by atoms with Crippen LogP contribution in [-0.4, -0.2) is 32.1 Å². The zero-order chi connectivity index (χ0) is 19.8. The van der Waals surface area contributed by atoms with Crippen LogP contribution < -0.4 is 9.47 Å². The number of methoxy groups -OCH3 is 1. The van der Waals surface area contributed by atoms with E-state index in [1.807, 2.05) is 6.92 Å². The van der Waals surface area contributed by atoms with Gasteiger partial charge in [0.05, 0.1) is 18.7 Å². The third-order valence-electron chi connectivity index (χ3n) is 3.46. The van der Waals surface area contributed by atoms with Gasteiger partial charge in [-0.15, -0.1) is 0 Å². The number of halogens is 2. The number of benzene rings is 2. The molecular formula is C20H18ClFO5. The van der Waals surface area contributed by atoms with Crippen LogP contribution in [0.3, 0.4) is 0 Å². The van der Waals surface area contributed by atoms with E-state index in [0.717, 1.165) is 12.1 Å². The molecule has 0 spiro atoms. The van der Waals surface area contributed by atoms with Crippen molar-refractivity contribution in [3.63, 3.8) is 0 Å². The molecule has 0 unspecified atom stereocenters. The molecule has 0 heterocycles. The van der Waals surface area contributed by atoms with Crippen molar-refractivity contribution in [3.8, 4) is 11.5 Å². The van der Waals surface area contributed by atoms with E-state index in [9.17, 15) is 14.0 Å². The Labute approximate surface area is 161 Å². The summed E-state index contributed by atoms with van der Waals surface area (Å²) in [7, 11) is 1.48. The normalized spacial score (nSPS) is 10.7. The molecule has 142 valence electrons. The van der Waals surface area contributed by atoms with Crippen molar-refractivity contribution < 1.29 is 28.2 Å². The van der Waals surface area contributed by atoms with E-state index in [0.29, 0.717) is 28.7 Å². The topological polar surface area (TPSA) is 61.8 Å². The van der Waals surface area contributed by atoms with Crippen molar-refractivity contribution in [1.82, 2.24) is 0 Å². The van der Waals surface area contributed by atoms with Crippen molar-refractivity contribution in [3.05, 3.63) is 64.4 Å². The summed E-state index contributed by atoms with van der Waals surface area (Å²) >= 11 is 6.16. The van der Waals surface area contributed by atoms with Gasteiger partial charge in [0.15, 0.2) is 23.9 Å². The lowest BCUT2D eigenvalue weighted by atomic mass is 10.1. The highest BCUT2D eigenvalue weighted by Crippen LogP contribution is 2.36. The Hall–Kier alpha value is -2.86. The Balaban J connectivity index is 1.99. The smallest absolute Gasteiger partial charge is 0.331 e. The summed E-state index contributed by atoms with van der Waals surface area (Å²) in [6.07, 6.45) is 2.65. The number of Topliss-reactive ketones (excluding diaryl/α,β-unsaturated/α-hetero) is 1. The van der Waals surface area contributed by atoms with Gasteiger partial charge in [0.1, 0.15) is 5.82 Å². The molecule has 7 heteroatoms. The van der Waals surface area contributed by atoms with Crippen LogP contribution in [0.1, 0.15) is 22.8 Å². The van der Waals surface area contributed by atoms with Gasteiger partial charge < -0.3 is 14.2 Å². The number of hydrogen-bond donors (Lipinski definition) is 0. The van der Waals surface area contributed by atoms with Gasteiger partial charge >= 0.3 is 5.97 Å². The van der Waals surface area contributed by atoms with Gasteiger partial charge in [0.2, 0.25) is 0 Å². The van der Waals surface area contributed by atoms with Crippen molar-refractivity contribution in [2.24, 2.45) is 0 Å². The Kier molecular flexibility index (Phi) is 7.37. The number of ether oxygens (including phenoxy) is 3. The van der Waals surface area contributed by atoms with E-state index in [1.54, 1.807) is 12.1 Å². The Morgan fingerprint density at radius 2 is 1.89 bits per heavy atom. The molecule has 0 atom stereocenters. The van der Waals surface area contributed by atoms with Gasteiger partial charge in [-0.2, -0.15) is 0 Å². The van der Waals surface area contributed by atoms with E-state index in [1.165, 1.54) is 31.4 Å². The lowest BCUT2D eigenvalue weighted by Gasteiger charge is -2.11. The Morgan fingerprint density at radius 3 is 2.52 bits per heavy atom. The number of carbonyl (C=O) groups excluding carboxylic acids is 2. The van der Waals surface area contributed by atoms with Crippen LogP contribution >= 0.6 is 11.6 Å². The summed E-state index contributed by atoms with van der Waals surface area (Å²) in [5.41, 5.74) is 0.860. The molecule has 0 saturated heterocycles. The fraction of sp³-hybridized carbons (Fsp3) is 0.200. The van der Waals surface area contributed by atoms with Crippen LogP contribution in [0.15, 0.2) is 42.5 Å². The molecule has 5 nitrogen and oxygen atoms in total. The van der Waals surface area contributed by atoms with E-state index in [2.05, 4.69) is 0 Å². The summed E-state index contributed by atoms with van der Waals surface area (Å²) in [4.78, 5) is 23.7. The molecule has 0 aliphatic carbocycles. The summed E-state index contributed by atoms with van der Waals surface area (Å²) in [5, 5.41) is 0.343. The first-order valence-electron chi connectivity index (χ1n) is 8.08. The Bertz CT molecular complexity index is 846. The van der Waals surface area contributed by atoms with Crippen molar-refractivity contribution in [2.45, 2.75) is 6.92 Å². The van der Waals surface area contributed by atoms with Gasteiger partial charge in [-0.3, -0.25) is 4.79 Å². The standard InChI is InChI=1S/C20H18ClFO5/c1-3-26-20-16(21)10-13(11-18(20)25-2)4-9-19(24)27-12-17(23)14-5-7-15(22)8-6-14/h4-11H,3,12H2,1-2H3/b9-4+. The maximum Gasteiger partial charge on any atom is 0.331 e. The molecular weight excluding hydrogens is 375 g/mol. The van der Waals surface area contributed by atoms with Gasteiger partial charge in [0, 0.05) is 11.6 Å². The largest absolute Gasteiger partial charge is 0.493 e. The zero-order valence-corrected chi connectivity index (χ0v) is 15.6. The maximum atomic E-state index is 12.8. The van der Waals surface area contributed by atoms with Gasteiger partial charge in [-0.25, -0.2) is 9.18 Å². The predicted octanol–water partition coefficient (Wildman–Crippen LogP) is 4.33. The number of esters is 1. The van der Waals surface area contributed by atoms with Crippen LogP contribution in [0.5, 0.6) is 11.5 Å². The van der Waals surface area contributed by atoms with E-state index in [4.69, 9.17) is 25.8 Å². The van der Waals surface area contributed by atoms with Crippen molar-refractivity contribution in [2.75, 3.05) is 20.3 Å². The molecule has 0 fully saturated rings. The van der Waals surface area contributed by atoms with Crippen molar-refractivity contribution in [1.29, 1.82) is 0 Å². The first-order valence-corrected chi connectivity index (χ1v) is 8.46. The molecule has 0 N–H and O–H groups in total. The van der Waals surface area contributed by atoms with Crippen LogP contribution in [0.4, 0.5) is 4.39 Å². The van der Waals surface area contributed by atoms with Gasteiger partial charge in [-0.1, -0.05) is 11.6 Å². The van der Waals surface area contributed by atoms with Crippen molar-refractivity contribution >= 4 is 29.4 Å². The second-order valence-electron chi connectivity index (χ2n) is 5.34. The monoisotopic (exact) mass is 392 g/mol. The third-order valence-corrected chi connectivity index (χ3v) is 3.74. The average Bonchev–Trinajstić information content (AvgIpc) is 2.66. The van der Waals surface area contributed by atoms with Crippen LogP contribution in [0, 0.1) is 5.82 Å². The molecule has 0 aliphatic rings. The molecule has 0 aliphatic heterocycles. The van der Waals surface area contributed by atoms with Crippen LogP contribution in [0.2, 0.25) is 5.02 Å². The second-order valence-corrected chi connectivity index (χ2v) is 5.75. The van der Waals surface area contributed by atoms with Gasteiger partial charge in [-0.05, 0) is 55.0 Å². The fourth-order valence-corrected chi connectivity index (χ4v) is 2.46. The maximum absolute atomic E-state index is 12.8. The summed E-state index contributed by atoms with van der Waals surface area (Å²) < 4.78 is 28.4. The fourth-order valence-electron chi connectivity index (χ4n) is 2.19. The minimum atomic E-state index is -0.700. The van der Waals surface area contributed by atoms with Crippen LogP contribution in [-0.2, 0) is 9.53 Å². The minimum absolute atomic E-state index is 0.260. The Morgan fingerprint density at radius 1 is 1.19 bits per heavy atom. The van der Waals surface area contributed by atoms with E-state index in [-0.39, 0.29) is 5.56 Å². The molecule has 27 heavy (non-hydrogen) atoms. The lowest BCUT2D eigenvalue weighted by Crippen LogP contribution is -2.12. The third kappa shape index (κ3) is 5.82. The van der Waals surface area contributed by atoms with Crippen LogP contribution in [0.25, 0.3) is 6.08 Å². The summed E-state index contributed by atoms with van der Waals surface area (Å²) in [6, 6.07) is 8.26. The summed E-state index contributed by atoms with van der Waals surface area (Å²) in [5.74, 6) is -0.719. The highest BCUT2D eigenvalue weighted by atomic mass is 35.5. The molecule has 0 amide bonds. The number of carbonyl (C=O) groups is 2. The highest BCUT2D eigenvalue weighted by Gasteiger charge is 2.11. The first kappa shape index (κ1) is 20.5. The number of rotatable bonds is 8. The summed E-state index contributed by atoms with van der Waals surface area (Å²) in [6.45, 7) is 1.81. The molecule has 2 rings (SSSR count). The minimum Gasteiger partial charge on any atom is -0.493 e. The number of hydrogen-bond acceptors (Lipinski definition) is 5. The van der Waals surface area contributed by atoms with Gasteiger partial charge in [0.25, 0.3) is 0 Å². The SMILES string of the molecule is CCOc1c(Cl)cc(/C=C/C(=O)OCC(=O)c2ccc(F)cc2)cc1OC. The average molecular weight is 393 g/mol. The molecule has 2 aromatic rings. The molecule has 0 radical (unpaired) electrons. The molecule has 0 bridgehead atoms. The molecule has 0 saturated carbocycles. The number of ketones is 1. The zero-order valence-electron chi connectivity index (χ0n) is 14.8. The first-order chi connectivity index (χ1) is 12.9. The predicted molar refractivity (Wildman–Crippen MR) is 99.9 cm³/mol. The van der Waals surface area contributed by atoms with E-state index < -0.39 is 24.2 Å². The highest BCUT2D eigenvalue weighted by molar-refractivity contribution is 6.32. The quantitative estimate of drug-likeness (QED) is 0.380. The lowest BCUT2D eigenvalue weighted by molar-refractivity contribution is -0.136.